The molecule has 7 heteroatoms. The quantitative estimate of drug-likeness (QED) is 0.357. The molecule has 1 aromatic rings. The Balaban J connectivity index is 2.27. The van der Waals surface area contributed by atoms with Crippen molar-refractivity contribution >= 4 is 16.0 Å². The summed E-state index contributed by atoms with van der Waals surface area (Å²) in [6.45, 7) is 4.56. The number of sulfonamides is 1. The van der Waals surface area contributed by atoms with Crippen LogP contribution in [-0.4, -0.2) is 46.3 Å². The third-order valence-electron chi connectivity index (χ3n) is 3.44. The molecule has 0 saturated carbocycles. The molecule has 0 aliphatic carbocycles. The molecule has 0 fully saturated rings. The highest BCUT2D eigenvalue weighted by Crippen LogP contribution is 2.04. The van der Waals surface area contributed by atoms with Crippen LogP contribution in [0.25, 0.3) is 0 Å². The third-order valence-corrected chi connectivity index (χ3v) is 4.84. The maximum atomic E-state index is 11.3. The van der Waals surface area contributed by atoms with Crippen LogP contribution < -0.4 is 15.4 Å². The van der Waals surface area contributed by atoms with Crippen molar-refractivity contribution in [2.75, 3.05) is 25.9 Å². The normalized spacial score (nSPS) is 13.6. The minimum absolute atomic E-state index is 0.0937. The summed E-state index contributed by atoms with van der Waals surface area (Å²) in [5.74, 6) is 0.775. The van der Waals surface area contributed by atoms with Gasteiger partial charge in [0.05, 0.1) is 5.75 Å². The smallest absolute Gasteiger partial charge is 0.211 e. The van der Waals surface area contributed by atoms with E-state index in [0.717, 1.165) is 12.8 Å². The first-order valence-electron chi connectivity index (χ1n) is 7.95. The topological polar surface area (TPSA) is 82.6 Å². The van der Waals surface area contributed by atoms with Gasteiger partial charge in [-0.05, 0) is 32.3 Å². The summed E-state index contributed by atoms with van der Waals surface area (Å²) in [5.41, 5.74) is 1.32. The van der Waals surface area contributed by atoms with Crippen LogP contribution in [0.1, 0.15) is 25.8 Å². The van der Waals surface area contributed by atoms with Gasteiger partial charge >= 0.3 is 0 Å². The summed E-state index contributed by atoms with van der Waals surface area (Å²) in [6.07, 6.45) is 2.00. The molecular formula is C16H28N4O2S. The highest BCUT2D eigenvalue weighted by Gasteiger charge is 2.07. The van der Waals surface area contributed by atoms with Gasteiger partial charge in [-0.3, -0.25) is 4.99 Å². The van der Waals surface area contributed by atoms with Gasteiger partial charge in [0.15, 0.2) is 5.96 Å². The molecule has 1 atom stereocenters. The minimum atomic E-state index is -3.14. The average Bonchev–Trinajstić information content (AvgIpc) is 2.56. The molecule has 0 saturated heterocycles. The summed E-state index contributed by atoms with van der Waals surface area (Å²) in [7, 11) is -1.43. The second kappa shape index (κ2) is 10.2. The molecular weight excluding hydrogens is 312 g/mol. The Morgan fingerprint density at radius 3 is 2.52 bits per heavy atom. The van der Waals surface area contributed by atoms with Crippen molar-refractivity contribution in [3.63, 3.8) is 0 Å². The SMILES string of the molecule is CCS(=O)(=O)NCCNC(=NC)NC(C)CCc1ccccc1. The number of hydrogen-bond donors (Lipinski definition) is 3. The highest BCUT2D eigenvalue weighted by atomic mass is 32.2. The van der Waals surface area contributed by atoms with Gasteiger partial charge < -0.3 is 10.6 Å². The molecule has 0 amide bonds. The molecule has 1 unspecified atom stereocenters. The predicted octanol–water partition coefficient (Wildman–Crippen LogP) is 1.11. The van der Waals surface area contributed by atoms with E-state index in [0.29, 0.717) is 19.0 Å². The summed E-state index contributed by atoms with van der Waals surface area (Å²) < 4.78 is 25.2. The summed E-state index contributed by atoms with van der Waals surface area (Å²) in [6, 6.07) is 10.6. The molecule has 1 aromatic carbocycles. The van der Waals surface area contributed by atoms with Crippen LogP contribution in [-0.2, 0) is 16.4 Å². The minimum Gasteiger partial charge on any atom is -0.355 e. The monoisotopic (exact) mass is 340 g/mol. The van der Waals surface area contributed by atoms with E-state index < -0.39 is 10.0 Å². The zero-order valence-corrected chi connectivity index (χ0v) is 15.0. The number of nitrogens with one attached hydrogen (secondary N) is 3. The van der Waals surface area contributed by atoms with Crippen molar-refractivity contribution in [1.29, 1.82) is 0 Å². The van der Waals surface area contributed by atoms with E-state index in [1.807, 2.05) is 18.2 Å². The van der Waals surface area contributed by atoms with Gasteiger partial charge in [0, 0.05) is 26.2 Å². The molecule has 23 heavy (non-hydrogen) atoms. The number of hydrogen-bond acceptors (Lipinski definition) is 3. The summed E-state index contributed by atoms with van der Waals surface area (Å²) in [5, 5.41) is 6.42. The van der Waals surface area contributed by atoms with E-state index in [-0.39, 0.29) is 11.8 Å². The van der Waals surface area contributed by atoms with Crippen molar-refractivity contribution < 1.29 is 8.42 Å². The number of guanidine groups is 1. The van der Waals surface area contributed by atoms with E-state index >= 15 is 0 Å². The first kappa shape index (κ1) is 19.4. The first-order chi connectivity index (χ1) is 11.0. The number of benzene rings is 1. The number of aliphatic imine (C=N–C) groups is 1. The summed E-state index contributed by atoms with van der Waals surface area (Å²) >= 11 is 0. The Bertz CT molecular complexity index is 573. The average molecular weight is 340 g/mol. The maximum absolute atomic E-state index is 11.3. The lowest BCUT2D eigenvalue weighted by molar-refractivity contribution is 0.578. The Morgan fingerprint density at radius 2 is 1.91 bits per heavy atom. The number of nitrogens with zero attached hydrogens (tertiary/aromatic N) is 1. The van der Waals surface area contributed by atoms with Gasteiger partial charge in [-0.15, -0.1) is 0 Å². The zero-order chi connectivity index (χ0) is 17.1. The van der Waals surface area contributed by atoms with Crippen LogP contribution in [0.2, 0.25) is 0 Å². The largest absolute Gasteiger partial charge is 0.355 e. The molecule has 0 heterocycles. The Morgan fingerprint density at radius 1 is 1.22 bits per heavy atom. The molecule has 0 radical (unpaired) electrons. The van der Waals surface area contributed by atoms with Gasteiger partial charge in [0.1, 0.15) is 0 Å². The molecule has 0 aliphatic heterocycles. The Hall–Kier alpha value is -1.60. The Labute approximate surface area is 139 Å². The fourth-order valence-corrected chi connectivity index (χ4v) is 2.63. The number of aryl methyl sites for hydroxylation is 1. The van der Waals surface area contributed by atoms with Gasteiger partial charge in [-0.2, -0.15) is 0 Å². The molecule has 0 aromatic heterocycles. The molecule has 6 nitrogen and oxygen atoms in total. The van der Waals surface area contributed by atoms with Crippen molar-refractivity contribution in [1.82, 2.24) is 15.4 Å². The van der Waals surface area contributed by atoms with Crippen LogP contribution in [0.15, 0.2) is 35.3 Å². The molecule has 3 N–H and O–H groups in total. The standard InChI is InChI=1S/C16H28N4O2S/c1-4-23(21,22)19-13-12-18-16(17-3)20-14(2)10-11-15-8-6-5-7-9-15/h5-9,14,19H,4,10-13H2,1-3H3,(H2,17,18,20). The maximum Gasteiger partial charge on any atom is 0.211 e. The lowest BCUT2D eigenvalue weighted by atomic mass is 10.1. The van der Waals surface area contributed by atoms with E-state index in [9.17, 15) is 8.42 Å². The fourth-order valence-electron chi connectivity index (χ4n) is 2.02. The van der Waals surface area contributed by atoms with Crippen LogP contribution in [0.3, 0.4) is 0 Å². The van der Waals surface area contributed by atoms with Crippen LogP contribution in [0.4, 0.5) is 0 Å². The van der Waals surface area contributed by atoms with E-state index in [4.69, 9.17) is 0 Å². The lowest BCUT2D eigenvalue weighted by Gasteiger charge is -2.18. The Kier molecular flexibility index (Phi) is 8.65. The zero-order valence-electron chi connectivity index (χ0n) is 14.2. The van der Waals surface area contributed by atoms with E-state index in [1.165, 1.54) is 5.56 Å². The van der Waals surface area contributed by atoms with Crippen LogP contribution in [0.5, 0.6) is 0 Å². The second-order valence-electron chi connectivity index (χ2n) is 5.37. The molecule has 0 spiro atoms. The fraction of sp³-hybridized carbons (Fsp3) is 0.562. The van der Waals surface area contributed by atoms with Crippen molar-refractivity contribution in [2.45, 2.75) is 32.7 Å². The van der Waals surface area contributed by atoms with Gasteiger partial charge in [0.25, 0.3) is 0 Å². The van der Waals surface area contributed by atoms with Crippen molar-refractivity contribution in [3.8, 4) is 0 Å². The molecule has 0 aliphatic rings. The van der Waals surface area contributed by atoms with Crippen molar-refractivity contribution in [2.24, 2.45) is 4.99 Å². The first-order valence-corrected chi connectivity index (χ1v) is 9.60. The summed E-state index contributed by atoms with van der Waals surface area (Å²) in [4.78, 5) is 4.15. The predicted molar refractivity (Wildman–Crippen MR) is 96.2 cm³/mol. The van der Waals surface area contributed by atoms with E-state index in [1.54, 1.807) is 14.0 Å². The highest BCUT2D eigenvalue weighted by molar-refractivity contribution is 7.89. The third kappa shape index (κ3) is 8.56. The van der Waals surface area contributed by atoms with Gasteiger partial charge in [0.2, 0.25) is 10.0 Å². The van der Waals surface area contributed by atoms with Crippen molar-refractivity contribution in [3.05, 3.63) is 35.9 Å². The second-order valence-corrected chi connectivity index (χ2v) is 7.46. The van der Waals surface area contributed by atoms with Crippen LogP contribution >= 0.6 is 0 Å². The molecule has 130 valence electrons. The van der Waals surface area contributed by atoms with Crippen LogP contribution in [0, 0.1) is 0 Å². The molecule has 1 rings (SSSR count). The number of rotatable bonds is 9. The van der Waals surface area contributed by atoms with Gasteiger partial charge in [-0.1, -0.05) is 30.3 Å². The van der Waals surface area contributed by atoms with E-state index in [2.05, 4.69) is 39.4 Å². The van der Waals surface area contributed by atoms with Gasteiger partial charge in [-0.25, -0.2) is 13.1 Å². The molecule has 0 bridgehead atoms. The lowest BCUT2D eigenvalue weighted by Crippen LogP contribution is -2.45.